The number of rotatable bonds is 7. The Hall–Kier alpha value is -1.20. The van der Waals surface area contributed by atoms with Gasteiger partial charge in [-0.1, -0.05) is 30.3 Å². The Morgan fingerprint density at radius 3 is 2.59 bits per heavy atom. The molecule has 5 heteroatoms. The second-order valence-corrected chi connectivity index (χ2v) is 5.20. The molecule has 1 rings (SSSR count). The molecule has 1 N–H and O–H groups in total. The van der Waals surface area contributed by atoms with Crippen LogP contribution in [0.1, 0.15) is 12.0 Å². The number of carboxylic acid groups (broad SMARTS) is 1. The van der Waals surface area contributed by atoms with Gasteiger partial charge in [-0.05, 0) is 18.4 Å². The summed E-state index contributed by atoms with van der Waals surface area (Å²) in [6.07, 6.45) is 0.961. The minimum atomic E-state index is -1.48. The Labute approximate surface area is 103 Å². The number of carbonyl (C=O) groups is 1. The quantitative estimate of drug-likeness (QED) is 0.801. The summed E-state index contributed by atoms with van der Waals surface area (Å²) >= 11 is 0. The van der Waals surface area contributed by atoms with Crippen molar-refractivity contribution >= 4 is 16.8 Å². The maximum Gasteiger partial charge on any atom is 0.319 e. The third kappa shape index (κ3) is 4.66. The van der Waals surface area contributed by atoms with Gasteiger partial charge in [-0.3, -0.25) is 9.00 Å². The highest BCUT2D eigenvalue weighted by Crippen LogP contribution is 2.10. The van der Waals surface area contributed by atoms with Gasteiger partial charge in [0.1, 0.15) is 11.2 Å². The van der Waals surface area contributed by atoms with E-state index in [4.69, 9.17) is 9.84 Å². The molecule has 0 spiro atoms. The van der Waals surface area contributed by atoms with Crippen molar-refractivity contribution in [3.05, 3.63) is 35.9 Å². The Morgan fingerprint density at radius 2 is 2.06 bits per heavy atom. The van der Waals surface area contributed by atoms with Gasteiger partial charge in [0.05, 0.1) is 10.8 Å². The first-order chi connectivity index (χ1) is 8.15. The monoisotopic (exact) mass is 256 g/mol. The van der Waals surface area contributed by atoms with Gasteiger partial charge in [0, 0.05) is 7.11 Å². The summed E-state index contributed by atoms with van der Waals surface area (Å²) in [5.74, 6) is -1.07. The largest absolute Gasteiger partial charge is 0.480 e. The molecule has 0 radical (unpaired) electrons. The third-order valence-electron chi connectivity index (χ3n) is 2.36. The van der Waals surface area contributed by atoms with E-state index in [-0.39, 0.29) is 5.94 Å². The summed E-state index contributed by atoms with van der Waals surface area (Å²) in [5.41, 5.74) is 1.05. The summed E-state index contributed by atoms with van der Waals surface area (Å²) in [6.45, 7) is 0. The van der Waals surface area contributed by atoms with Crippen LogP contribution in [0.25, 0.3) is 0 Å². The molecule has 0 fully saturated rings. The second-order valence-electron chi connectivity index (χ2n) is 3.64. The van der Waals surface area contributed by atoms with E-state index >= 15 is 0 Å². The van der Waals surface area contributed by atoms with E-state index in [9.17, 15) is 9.00 Å². The highest BCUT2D eigenvalue weighted by atomic mass is 32.2. The number of methoxy groups -OCH3 is 1. The Kier molecular flexibility index (Phi) is 5.86. The summed E-state index contributed by atoms with van der Waals surface area (Å²) in [4.78, 5) is 11.0. The summed E-state index contributed by atoms with van der Waals surface area (Å²) in [6, 6.07) is 9.56. The van der Waals surface area contributed by atoms with E-state index in [0.29, 0.717) is 12.8 Å². The molecule has 0 aromatic heterocycles. The summed E-state index contributed by atoms with van der Waals surface area (Å²) in [7, 11) is -0.0726. The Balaban J connectivity index is 2.56. The molecule has 0 saturated carbocycles. The maximum atomic E-state index is 11.6. The van der Waals surface area contributed by atoms with Crippen molar-refractivity contribution in [1.29, 1.82) is 0 Å². The van der Waals surface area contributed by atoms with Crippen LogP contribution >= 0.6 is 0 Å². The number of ether oxygens (including phenoxy) is 1. The first-order valence-electron chi connectivity index (χ1n) is 5.28. The molecule has 4 nitrogen and oxygen atoms in total. The van der Waals surface area contributed by atoms with E-state index in [1.807, 2.05) is 30.3 Å². The first kappa shape index (κ1) is 13.9. The van der Waals surface area contributed by atoms with Gasteiger partial charge < -0.3 is 9.84 Å². The number of hydrogen-bond donors (Lipinski definition) is 1. The normalized spacial score (nSPS) is 14.2. The molecule has 0 amide bonds. The minimum Gasteiger partial charge on any atom is -0.480 e. The number of hydrogen-bond acceptors (Lipinski definition) is 3. The van der Waals surface area contributed by atoms with Crippen LogP contribution in [0.5, 0.6) is 0 Å². The van der Waals surface area contributed by atoms with Crippen LogP contribution in [0.2, 0.25) is 0 Å². The van der Waals surface area contributed by atoms with Crippen LogP contribution in [-0.2, 0) is 26.8 Å². The summed E-state index contributed by atoms with van der Waals surface area (Å²) < 4.78 is 16.3. The molecule has 0 bridgehead atoms. The van der Waals surface area contributed by atoms with Crippen molar-refractivity contribution in [1.82, 2.24) is 0 Å². The number of aliphatic carboxylic acids is 1. The molecular weight excluding hydrogens is 240 g/mol. The fraction of sp³-hybridized carbons (Fsp3) is 0.417. The number of benzene rings is 1. The molecule has 0 aliphatic rings. The van der Waals surface area contributed by atoms with E-state index < -0.39 is 22.0 Å². The van der Waals surface area contributed by atoms with Crippen LogP contribution in [0.3, 0.4) is 0 Å². The fourth-order valence-corrected chi connectivity index (χ4v) is 2.51. The predicted octanol–water partition coefficient (Wildman–Crippen LogP) is 1.43. The van der Waals surface area contributed by atoms with Gasteiger partial charge in [-0.2, -0.15) is 0 Å². The van der Waals surface area contributed by atoms with Gasteiger partial charge in [0.25, 0.3) is 0 Å². The standard InChI is InChI=1S/C12H16O4S/c1-16-9-17(15)11(12(13)14)8-7-10-5-3-2-4-6-10/h2-6,11H,7-9H2,1H3,(H,13,14). The van der Waals surface area contributed by atoms with Gasteiger partial charge in [-0.15, -0.1) is 0 Å². The van der Waals surface area contributed by atoms with Crippen LogP contribution in [-0.4, -0.2) is 33.6 Å². The third-order valence-corrected chi connectivity index (χ3v) is 3.90. The van der Waals surface area contributed by atoms with Crippen molar-refractivity contribution in [2.45, 2.75) is 18.1 Å². The number of aryl methyl sites for hydroxylation is 1. The molecule has 0 saturated heterocycles. The molecule has 2 unspecified atom stereocenters. The van der Waals surface area contributed by atoms with E-state index in [2.05, 4.69) is 0 Å². The zero-order valence-electron chi connectivity index (χ0n) is 9.67. The maximum absolute atomic E-state index is 11.6. The first-order valence-corrected chi connectivity index (χ1v) is 6.66. The fourth-order valence-electron chi connectivity index (χ4n) is 1.51. The average molecular weight is 256 g/mol. The lowest BCUT2D eigenvalue weighted by atomic mass is 10.1. The molecule has 17 heavy (non-hydrogen) atoms. The highest BCUT2D eigenvalue weighted by Gasteiger charge is 2.24. The second kappa shape index (κ2) is 7.19. The van der Waals surface area contributed by atoms with E-state index in [1.165, 1.54) is 7.11 Å². The van der Waals surface area contributed by atoms with Gasteiger partial charge in [0.2, 0.25) is 0 Å². The Bertz CT molecular complexity index is 377. The van der Waals surface area contributed by atoms with Crippen molar-refractivity contribution in [3.63, 3.8) is 0 Å². The van der Waals surface area contributed by atoms with Crippen molar-refractivity contribution < 1.29 is 18.8 Å². The molecule has 0 aliphatic heterocycles. The zero-order chi connectivity index (χ0) is 12.7. The highest BCUT2D eigenvalue weighted by molar-refractivity contribution is 7.86. The zero-order valence-corrected chi connectivity index (χ0v) is 10.5. The molecule has 1 aromatic carbocycles. The lowest BCUT2D eigenvalue weighted by Gasteiger charge is -2.11. The topological polar surface area (TPSA) is 63.6 Å². The van der Waals surface area contributed by atoms with Gasteiger partial charge in [0.15, 0.2) is 0 Å². The Morgan fingerprint density at radius 1 is 1.41 bits per heavy atom. The molecule has 2 atom stereocenters. The van der Waals surface area contributed by atoms with Crippen LogP contribution in [0.4, 0.5) is 0 Å². The summed E-state index contributed by atoms with van der Waals surface area (Å²) in [5, 5.41) is 8.13. The lowest BCUT2D eigenvalue weighted by molar-refractivity contribution is -0.136. The van der Waals surface area contributed by atoms with Gasteiger partial charge >= 0.3 is 5.97 Å². The number of carboxylic acids is 1. The molecule has 94 valence electrons. The molecule has 0 heterocycles. The van der Waals surface area contributed by atoms with Crippen LogP contribution in [0, 0.1) is 0 Å². The lowest BCUT2D eigenvalue weighted by Crippen LogP contribution is -2.28. The molecular formula is C12H16O4S. The van der Waals surface area contributed by atoms with Crippen molar-refractivity contribution in [3.8, 4) is 0 Å². The van der Waals surface area contributed by atoms with Crippen LogP contribution < -0.4 is 0 Å². The van der Waals surface area contributed by atoms with Gasteiger partial charge in [-0.25, -0.2) is 0 Å². The SMILES string of the molecule is COCS(=O)C(CCc1ccccc1)C(=O)O. The van der Waals surface area contributed by atoms with E-state index in [0.717, 1.165) is 5.56 Å². The smallest absolute Gasteiger partial charge is 0.319 e. The van der Waals surface area contributed by atoms with Crippen molar-refractivity contribution in [2.24, 2.45) is 0 Å². The van der Waals surface area contributed by atoms with E-state index in [1.54, 1.807) is 0 Å². The predicted molar refractivity (Wildman–Crippen MR) is 66.2 cm³/mol. The molecule has 0 aliphatic carbocycles. The minimum absolute atomic E-state index is 0.0360. The van der Waals surface area contributed by atoms with Crippen LogP contribution in [0.15, 0.2) is 30.3 Å². The molecule has 1 aromatic rings. The average Bonchev–Trinajstić information content (AvgIpc) is 2.30. The van der Waals surface area contributed by atoms with Crippen molar-refractivity contribution in [2.75, 3.05) is 13.0 Å².